The number of fused-ring (bicyclic) bond motifs is 2. The number of aliphatic hydroxyl groups is 3. The van der Waals surface area contributed by atoms with Gasteiger partial charge in [0.1, 0.15) is 24.1 Å². The Balaban J connectivity index is 1.83. The number of ketones is 1. The predicted octanol–water partition coefficient (Wildman–Crippen LogP) is 3.10. The molecule has 13 heteroatoms. The number of rotatable bonds is 7. The lowest BCUT2D eigenvalue weighted by molar-refractivity contribution is -0.317. The number of methoxy groups -OCH3 is 1. The Bertz CT molecular complexity index is 1260. The Morgan fingerprint density at radius 3 is 2.20 bits per heavy atom. The minimum absolute atomic E-state index is 0.102. The van der Waals surface area contributed by atoms with Crippen molar-refractivity contribution >= 4 is 11.8 Å². The molecule has 0 unspecified atom stereocenters. The number of hydrogen-bond acceptors (Lipinski definition) is 13. The first-order valence-corrected chi connectivity index (χ1v) is 18.2. The van der Waals surface area contributed by atoms with Crippen molar-refractivity contribution in [3.63, 3.8) is 0 Å². The van der Waals surface area contributed by atoms with E-state index in [4.69, 9.17) is 33.2 Å². The van der Waals surface area contributed by atoms with Gasteiger partial charge in [-0.3, -0.25) is 9.59 Å². The molecule has 2 bridgehead atoms. The Kier molecular flexibility index (Phi) is 12.6. The van der Waals surface area contributed by atoms with Gasteiger partial charge >= 0.3 is 5.97 Å². The quantitative estimate of drug-likeness (QED) is 0.331. The van der Waals surface area contributed by atoms with Gasteiger partial charge < -0.3 is 53.4 Å². The Labute approximate surface area is 297 Å². The highest BCUT2D eigenvalue weighted by molar-refractivity contribution is 6.04. The second-order valence-corrected chi connectivity index (χ2v) is 16.1. The maximum absolute atomic E-state index is 14.2. The van der Waals surface area contributed by atoms with Crippen LogP contribution >= 0.6 is 0 Å². The van der Waals surface area contributed by atoms with Gasteiger partial charge in [0, 0.05) is 37.0 Å². The van der Waals surface area contributed by atoms with E-state index < -0.39 is 89.7 Å². The first-order chi connectivity index (χ1) is 23.1. The molecule has 3 saturated heterocycles. The summed E-state index contributed by atoms with van der Waals surface area (Å²) in [5.41, 5.74) is -3.67. The van der Waals surface area contributed by atoms with E-state index in [-0.39, 0.29) is 30.8 Å². The predicted molar refractivity (Wildman–Crippen MR) is 183 cm³/mol. The second kappa shape index (κ2) is 15.4. The molecule has 13 nitrogen and oxygen atoms in total. The maximum Gasteiger partial charge on any atom is 0.311 e. The summed E-state index contributed by atoms with van der Waals surface area (Å²) in [5, 5.41) is 34.9. The van der Waals surface area contributed by atoms with Crippen molar-refractivity contribution in [2.75, 3.05) is 21.2 Å². The standard InChI is InChI=1S/C37H63NO12/c1-14-25-37(10)30(40)20(4)28(50-37)18(2)16-35(8,43)32(49-34-27(39)24(38(11)12)15-19(3)45-34)21(5)29(22(6)33(42)47-25)48-26-17-36(9,44-13)31(41)23(7)46-26/h18-19,21-27,29,31-32,34,39,41,43H,14-17H2,1-13H3/t18-,19-,21+,22-,23+,24+,25-,26+,27-,29+,31+,32-,34+,35-,36-,37+/m1/s1. The largest absolute Gasteiger partial charge is 0.479 e. The summed E-state index contributed by atoms with van der Waals surface area (Å²) in [6, 6.07) is -0.275. The van der Waals surface area contributed by atoms with Crippen LogP contribution in [0.1, 0.15) is 94.9 Å². The van der Waals surface area contributed by atoms with Crippen molar-refractivity contribution in [2.45, 2.75) is 173 Å². The lowest BCUT2D eigenvalue weighted by atomic mass is 9.77. The number of nitrogens with zero attached hydrogens (tertiary/aromatic N) is 1. The van der Waals surface area contributed by atoms with Gasteiger partial charge in [-0.05, 0) is 81.8 Å². The third-order valence-electron chi connectivity index (χ3n) is 11.7. The molecule has 288 valence electrons. The molecule has 0 amide bonds. The number of Topliss-reactive ketones (excluding diaryl/α,β-unsaturated/α-hetero) is 1. The minimum Gasteiger partial charge on any atom is -0.479 e. The highest BCUT2D eigenvalue weighted by Gasteiger charge is 2.56. The molecule has 0 saturated carbocycles. The molecule has 4 aliphatic rings. The van der Waals surface area contributed by atoms with Crippen molar-refractivity contribution in [1.82, 2.24) is 4.90 Å². The van der Waals surface area contributed by atoms with E-state index in [1.54, 1.807) is 41.5 Å². The lowest BCUT2D eigenvalue weighted by Gasteiger charge is -2.48. The summed E-state index contributed by atoms with van der Waals surface area (Å²) in [5.74, 6) is -2.61. The minimum atomic E-state index is -1.63. The summed E-state index contributed by atoms with van der Waals surface area (Å²) in [7, 11) is 5.27. The van der Waals surface area contributed by atoms with Crippen LogP contribution in [0.2, 0.25) is 0 Å². The summed E-state index contributed by atoms with van der Waals surface area (Å²) in [6.45, 7) is 17.6. The van der Waals surface area contributed by atoms with Crippen LogP contribution in [0, 0.1) is 17.8 Å². The van der Waals surface area contributed by atoms with E-state index in [0.29, 0.717) is 24.2 Å². The zero-order chi connectivity index (χ0) is 37.7. The van der Waals surface area contributed by atoms with E-state index in [2.05, 4.69) is 0 Å². The van der Waals surface area contributed by atoms with E-state index >= 15 is 0 Å². The molecule has 50 heavy (non-hydrogen) atoms. The molecule has 0 spiro atoms. The molecule has 0 aliphatic carbocycles. The van der Waals surface area contributed by atoms with Gasteiger partial charge in [-0.15, -0.1) is 0 Å². The van der Waals surface area contributed by atoms with Gasteiger partial charge in [0.15, 0.2) is 12.6 Å². The number of carbonyl (C=O) groups excluding carboxylic acids is 2. The molecule has 4 aliphatic heterocycles. The molecule has 3 N–H and O–H groups in total. The first kappa shape index (κ1) is 41.1. The van der Waals surface area contributed by atoms with Gasteiger partial charge in [0.2, 0.25) is 11.4 Å². The lowest BCUT2D eigenvalue weighted by Crippen LogP contribution is -2.60. The molecular weight excluding hydrogens is 650 g/mol. The summed E-state index contributed by atoms with van der Waals surface area (Å²) in [6.07, 6.45) is -6.74. The van der Waals surface area contributed by atoms with E-state index in [1.807, 2.05) is 46.7 Å². The van der Waals surface area contributed by atoms with Gasteiger partial charge in [0.05, 0.1) is 41.5 Å². The molecule has 4 rings (SSSR count). The molecule has 0 aromatic carbocycles. The SMILES string of the molecule is CC[C@H]1OC(=O)[C@H](C)[C@@H](O[C@H]2C[C@@](C)(OC)[C@@H](O)[C@H](C)O2)[C@H](C)[C@@H](O[C@@H]2O[C@H](C)C[C@H](N(C)C)[C@H]2O)[C@](C)(O)C[C@@H](C)C2=C(C)C(=O)[C@@]1(C)O2. The zero-order valence-corrected chi connectivity index (χ0v) is 32.3. The van der Waals surface area contributed by atoms with Crippen molar-refractivity contribution in [3.8, 4) is 0 Å². The van der Waals surface area contributed by atoms with Crippen molar-refractivity contribution < 1.29 is 58.1 Å². The van der Waals surface area contributed by atoms with Crippen LogP contribution in [0.15, 0.2) is 11.3 Å². The fraction of sp³-hybridized carbons (Fsp3) is 0.892. The number of ether oxygens (including phenoxy) is 7. The third-order valence-corrected chi connectivity index (χ3v) is 11.7. The number of carbonyl (C=O) groups is 2. The summed E-state index contributed by atoms with van der Waals surface area (Å²) < 4.78 is 43.9. The van der Waals surface area contributed by atoms with Crippen LogP contribution in [0.5, 0.6) is 0 Å². The van der Waals surface area contributed by atoms with Crippen LogP contribution in [0.25, 0.3) is 0 Å². The number of cyclic esters (lactones) is 1. The van der Waals surface area contributed by atoms with Gasteiger partial charge in [-0.25, -0.2) is 0 Å². The van der Waals surface area contributed by atoms with Crippen LogP contribution in [-0.4, -0.2) is 131 Å². The smallest absolute Gasteiger partial charge is 0.311 e. The Morgan fingerprint density at radius 1 is 0.980 bits per heavy atom. The van der Waals surface area contributed by atoms with Crippen molar-refractivity contribution in [2.24, 2.45) is 17.8 Å². The van der Waals surface area contributed by atoms with Crippen LogP contribution in [0.4, 0.5) is 0 Å². The monoisotopic (exact) mass is 713 g/mol. The van der Waals surface area contributed by atoms with Crippen LogP contribution < -0.4 is 0 Å². The molecule has 0 aromatic heterocycles. The average Bonchev–Trinajstić information content (AvgIpc) is 3.28. The van der Waals surface area contributed by atoms with Gasteiger partial charge in [-0.1, -0.05) is 20.8 Å². The molecule has 3 fully saturated rings. The second-order valence-electron chi connectivity index (χ2n) is 16.1. The van der Waals surface area contributed by atoms with E-state index in [1.165, 1.54) is 7.11 Å². The fourth-order valence-electron chi connectivity index (χ4n) is 8.59. The third kappa shape index (κ3) is 7.82. The molecule has 4 heterocycles. The number of esters is 1. The maximum atomic E-state index is 14.2. The highest BCUT2D eigenvalue weighted by Crippen LogP contribution is 2.44. The first-order valence-electron chi connectivity index (χ1n) is 18.2. The molecular formula is C37H63NO12. The fourth-order valence-corrected chi connectivity index (χ4v) is 8.59. The van der Waals surface area contributed by atoms with Crippen LogP contribution in [-0.2, 0) is 42.7 Å². The number of aliphatic hydroxyl groups excluding tert-OH is 2. The normalized spacial score (nSPS) is 48.1. The Hall–Kier alpha value is -1.68. The zero-order valence-electron chi connectivity index (χ0n) is 32.3. The summed E-state index contributed by atoms with van der Waals surface area (Å²) >= 11 is 0. The van der Waals surface area contributed by atoms with Gasteiger partial charge in [-0.2, -0.15) is 0 Å². The average molecular weight is 714 g/mol. The van der Waals surface area contributed by atoms with Crippen molar-refractivity contribution in [3.05, 3.63) is 11.3 Å². The van der Waals surface area contributed by atoms with Crippen LogP contribution in [0.3, 0.4) is 0 Å². The van der Waals surface area contributed by atoms with Crippen molar-refractivity contribution in [1.29, 1.82) is 0 Å². The van der Waals surface area contributed by atoms with Gasteiger partial charge in [0.25, 0.3) is 0 Å². The van der Waals surface area contributed by atoms with E-state index in [9.17, 15) is 24.9 Å². The number of hydrogen-bond donors (Lipinski definition) is 3. The summed E-state index contributed by atoms with van der Waals surface area (Å²) in [4.78, 5) is 29.8. The number of allylic oxidation sites excluding steroid dienone is 1. The Morgan fingerprint density at radius 2 is 1.62 bits per heavy atom. The molecule has 0 radical (unpaired) electrons. The molecule has 16 atom stereocenters. The number of likely N-dealkylation sites (N-methyl/N-ethyl adjacent to an activating group) is 1. The highest BCUT2D eigenvalue weighted by atomic mass is 16.7. The topological polar surface area (TPSA) is 163 Å². The molecule has 0 aromatic rings. The van der Waals surface area contributed by atoms with E-state index in [0.717, 1.165) is 0 Å².